The largest absolute Gasteiger partial charge is 0.504 e. The van der Waals surface area contributed by atoms with Crippen LogP contribution in [0.5, 0.6) is 11.5 Å². The fraction of sp³-hybridized carbons (Fsp3) is 0.471. The lowest BCUT2D eigenvalue weighted by Gasteiger charge is -2.56. The third kappa shape index (κ3) is 7.81. The third-order valence-electron chi connectivity index (χ3n) is 10.9. The number of aromatic nitrogens is 1. The highest BCUT2D eigenvalue weighted by atomic mass is 32.2. The summed E-state index contributed by atoms with van der Waals surface area (Å²) in [5.41, 5.74) is 5.30. The van der Waals surface area contributed by atoms with E-state index < -0.39 is 88.8 Å². The normalized spacial score (nSPS) is 26.5. The number of rotatable bonds is 15. The molecule has 0 radical (unpaired) electrons. The number of nitrogens with two attached hydrogens (primary N) is 1. The van der Waals surface area contributed by atoms with E-state index in [4.69, 9.17) is 15.7 Å². The molecule has 5 aliphatic heterocycles. The van der Waals surface area contributed by atoms with Crippen LogP contribution in [0, 0.1) is 17.2 Å². The van der Waals surface area contributed by atoms with Crippen LogP contribution in [-0.4, -0.2) is 131 Å². The standard InChI is InChI=1S/C34H37FN6O12S2/c1-15-18(12-41-5-2-34(3-6-41,4-7-41)14-37-28(47)16-8-19(35)27(46)22(43)9-16)26(32(51)52)40-29(48)17(30(40)55-15)10-21(42)25(20-13-54-33(36)38-20)39-53-23(31(49)50)11-24(44)45/h8-9,13,15,17,23,30H,2-7,10-12,14H2,1H3,(H7-,36,37,38,39,42,43,44,45,46,47,49,50,51,52)/p+1/t15-,17+,23-,30+,34?,41?/m0/s1. The van der Waals surface area contributed by atoms with Gasteiger partial charge in [0.05, 0.1) is 37.3 Å². The van der Waals surface area contributed by atoms with Gasteiger partial charge in [-0.3, -0.25) is 24.1 Å². The number of nitrogen functional groups attached to an aromatic ring is 1. The Labute approximate surface area is 320 Å². The van der Waals surface area contributed by atoms with Crippen LogP contribution in [0.4, 0.5) is 9.52 Å². The summed E-state index contributed by atoms with van der Waals surface area (Å²) in [7, 11) is 0. The highest BCUT2D eigenvalue weighted by molar-refractivity contribution is 8.00. The number of carboxylic acids is 3. The maximum absolute atomic E-state index is 13.9. The maximum Gasteiger partial charge on any atom is 0.352 e. The van der Waals surface area contributed by atoms with Gasteiger partial charge in [-0.05, 0) is 19.1 Å². The number of phenols is 2. The molecule has 6 heterocycles. The van der Waals surface area contributed by atoms with Crippen molar-refractivity contribution in [2.75, 3.05) is 38.5 Å². The van der Waals surface area contributed by atoms with Gasteiger partial charge in [-0.25, -0.2) is 19.0 Å². The van der Waals surface area contributed by atoms with E-state index in [-0.39, 0.29) is 32.8 Å². The summed E-state index contributed by atoms with van der Waals surface area (Å²) >= 11 is 2.31. The first kappa shape index (κ1) is 39.4. The number of hydrogen-bond donors (Lipinski definition) is 7. The van der Waals surface area contributed by atoms with Gasteiger partial charge in [0.25, 0.3) is 5.91 Å². The summed E-state index contributed by atoms with van der Waals surface area (Å²) < 4.78 is 14.5. The predicted molar refractivity (Wildman–Crippen MR) is 191 cm³/mol. The Hall–Kier alpha value is -5.28. The van der Waals surface area contributed by atoms with Crippen LogP contribution in [0.15, 0.2) is 33.9 Å². The minimum absolute atomic E-state index is 0.0544. The van der Waals surface area contributed by atoms with Crippen molar-refractivity contribution in [2.45, 2.75) is 55.8 Å². The number of halogens is 1. The van der Waals surface area contributed by atoms with Crippen molar-refractivity contribution >= 4 is 69.4 Å². The van der Waals surface area contributed by atoms with E-state index in [0.29, 0.717) is 42.8 Å². The average molecular weight is 806 g/mol. The second-order valence-corrected chi connectivity index (χ2v) is 16.6. The molecule has 4 fully saturated rings. The number of oxime groups is 1. The fourth-order valence-corrected chi connectivity index (χ4v) is 9.70. The van der Waals surface area contributed by atoms with Gasteiger partial charge in [0.2, 0.25) is 12.0 Å². The summed E-state index contributed by atoms with van der Waals surface area (Å²) in [6.45, 7) is 4.61. The minimum Gasteiger partial charge on any atom is -0.504 e. The smallest absolute Gasteiger partial charge is 0.352 e. The first-order chi connectivity index (χ1) is 25.9. The Morgan fingerprint density at radius 2 is 1.82 bits per heavy atom. The number of amides is 2. The second kappa shape index (κ2) is 15.1. The zero-order chi connectivity index (χ0) is 40.0. The van der Waals surface area contributed by atoms with Crippen molar-refractivity contribution in [3.05, 3.63) is 45.9 Å². The number of hydrogen-bond acceptors (Lipinski definition) is 14. The Morgan fingerprint density at radius 3 is 2.38 bits per heavy atom. The quantitative estimate of drug-likeness (QED) is 0.0442. The van der Waals surface area contributed by atoms with Gasteiger partial charge in [0.1, 0.15) is 17.9 Å². The molecule has 0 saturated carbocycles. The van der Waals surface area contributed by atoms with Crippen LogP contribution in [0.1, 0.15) is 55.1 Å². The topological polar surface area (TPSA) is 279 Å². The number of thioether (sulfide) groups is 1. The fourth-order valence-electron chi connectivity index (χ4n) is 7.65. The minimum atomic E-state index is -1.92. The average Bonchev–Trinajstić information content (AvgIpc) is 3.57. The number of thiazole rings is 1. The van der Waals surface area contributed by atoms with E-state index >= 15 is 0 Å². The summed E-state index contributed by atoms with van der Waals surface area (Å²) in [6, 6.07) is 1.84. The molecule has 2 aromatic rings. The summed E-state index contributed by atoms with van der Waals surface area (Å²) in [5.74, 6) is -10.1. The highest BCUT2D eigenvalue weighted by Crippen LogP contribution is 2.50. The van der Waals surface area contributed by atoms with Crippen molar-refractivity contribution in [2.24, 2.45) is 16.5 Å². The van der Waals surface area contributed by atoms with Crippen LogP contribution in [0.25, 0.3) is 0 Å². The van der Waals surface area contributed by atoms with Crippen LogP contribution >= 0.6 is 23.1 Å². The number of Topliss-reactive ketones (excluding diaryl/α,β-unsaturated/α-hetero) is 1. The number of nitrogens with one attached hydrogen (secondary N) is 1. The zero-order valence-electron chi connectivity index (χ0n) is 29.3. The zero-order valence-corrected chi connectivity index (χ0v) is 30.9. The number of carbonyl (C=O) groups is 6. The van der Waals surface area contributed by atoms with Crippen LogP contribution in [0.3, 0.4) is 0 Å². The number of fused-ring (bicyclic) bond motifs is 4. The molecule has 4 saturated heterocycles. The molecule has 4 atom stereocenters. The first-order valence-corrected chi connectivity index (χ1v) is 19.0. The number of aromatic hydroxyl groups is 2. The summed E-state index contributed by atoms with van der Waals surface area (Å²) in [4.78, 5) is 85.6. The second-order valence-electron chi connectivity index (χ2n) is 14.3. The van der Waals surface area contributed by atoms with Crippen molar-refractivity contribution in [3.8, 4) is 11.5 Å². The van der Waals surface area contributed by atoms with Gasteiger partial charge in [-0.2, -0.15) is 0 Å². The van der Waals surface area contributed by atoms with Gasteiger partial charge in [-0.15, -0.1) is 23.1 Å². The number of anilines is 1. The van der Waals surface area contributed by atoms with Crippen molar-refractivity contribution in [3.63, 3.8) is 0 Å². The monoisotopic (exact) mass is 805 g/mol. The number of nitrogens with zero attached hydrogens (tertiary/aromatic N) is 4. The van der Waals surface area contributed by atoms with Crippen LogP contribution < -0.4 is 11.1 Å². The molecule has 0 spiro atoms. The molecule has 1 aromatic heterocycles. The molecule has 0 aliphatic carbocycles. The molecule has 5 aliphatic rings. The van der Waals surface area contributed by atoms with Crippen molar-refractivity contribution < 1.29 is 68.0 Å². The number of carboxylic acid groups (broad SMARTS) is 3. The number of β-lactam (4-membered cyclic amide) rings is 1. The summed E-state index contributed by atoms with van der Waals surface area (Å²) in [5, 5.41) is 54.9. The number of piperidine rings is 3. The Kier molecular flexibility index (Phi) is 10.8. The van der Waals surface area contributed by atoms with Gasteiger partial charge in [0.15, 0.2) is 33.9 Å². The molecule has 7 rings (SSSR count). The SMILES string of the molecule is C[C@@H]1S[C@@H]2[C@H](CC(=O)/C(=N\O[C@@H](CC(=O)O)C(=O)O)c3csc(N)n3)C(=O)N2C(C(=O)O)=C1C[N+]12CCC(CNC(=O)c3cc(O)c(O)c(F)c3)(CC1)CC2. The maximum atomic E-state index is 13.9. The molecule has 2 bridgehead atoms. The molecule has 18 nitrogen and oxygen atoms in total. The Bertz CT molecular complexity index is 1990. The molecular weight excluding hydrogens is 768 g/mol. The van der Waals surface area contributed by atoms with E-state index in [9.17, 15) is 53.6 Å². The molecule has 0 unspecified atom stereocenters. The van der Waals surface area contributed by atoms with E-state index in [1.54, 1.807) is 0 Å². The molecule has 21 heteroatoms. The van der Waals surface area contributed by atoms with Gasteiger partial charge in [0, 0.05) is 59.4 Å². The third-order valence-corrected chi connectivity index (χ3v) is 13.0. The van der Waals surface area contributed by atoms with Gasteiger partial charge >= 0.3 is 17.9 Å². The first-order valence-electron chi connectivity index (χ1n) is 17.2. The summed E-state index contributed by atoms with van der Waals surface area (Å²) in [6.07, 6.45) is -1.16. The Morgan fingerprint density at radius 1 is 1.15 bits per heavy atom. The van der Waals surface area contributed by atoms with E-state index in [0.717, 1.165) is 42.7 Å². The lowest BCUT2D eigenvalue weighted by atomic mass is 9.70. The number of carbonyl (C=O) groups excluding carboxylic acids is 3. The van der Waals surface area contributed by atoms with Crippen molar-refractivity contribution in [1.82, 2.24) is 15.2 Å². The highest BCUT2D eigenvalue weighted by Gasteiger charge is 2.57. The van der Waals surface area contributed by atoms with Gasteiger partial charge < -0.3 is 45.9 Å². The molecule has 294 valence electrons. The molecular formula is C34H38FN6O12S2+. The predicted octanol–water partition coefficient (Wildman–Crippen LogP) is 1.57. The van der Waals surface area contributed by atoms with E-state index in [2.05, 4.69) is 15.5 Å². The lowest BCUT2D eigenvalue weighted by molar-refractivity contribution is -0.941. The van der Waals surface area contributed by atoms with Gasteiger partial charge in [-0.1, -0.05) is 5.16 Å². The number of aliphatic carboxylic acids is 3. The molecule has 8 N–H and O–H groups in total. The molecule has 1 aromatic carbocycles. The van der Waals surface area contributed by atoms with E-state index in [1.165, 1.54) is 22.0 Å². The molecule has 55 heavy (non-hydrogen) atoms. The van der Waals surface area contributed by atoms with Crippen LogP contribution in [0.2, 0.25) is 0 Å². The van der Waals surface area contributed by atoms with Crippen LogP contribution in [-0.2, 0) is 28.8 Å². The van der Waals surface area contributed by atoms with Crippen molar-refractivity contribution in [1.29, 1.82) is 0 Å². The lowest BCUT2D eigenvalue weighted by Crippen LogP contribution is -2.66. The molecule has 2 amide bonds. The Balaban J connectivity index is 1.13. The number of benzene rings is 1. The number of ketones is 1. The number of quaternary nitrogens is 1. The number of phenolic OH excluding ortho intramolecular Hbond substituents is 2. The van der Waals surface area contributed by atoms with E-state index in [1.807, 2.05) is 6.92 Å².